The number of aliphatic hydroxyl groups excluding tert-OH is 6. The summed E-state index contributed by atoms with van der Waals surface area (Å²) in [6, 6.07) is -3.23. The Bertz CT molecular complexity index is 814. The van der Waals surface area contributed by atoms with Gasteiger partial charge in [-0.3, -0.25) is 4.52 Å². The highest BCUT2D eigenvalue weighted by molar-refractivity contribution is 7.46. The molecular weight excluding hydrogens is 669 g/mol. The highest BCUT2D eigenvalue weighted by Crippen LogP contribution is 2.37. The van der Waals surface area contributed by atoms with Crippen molar-refractivity contribution < 1.29 is 68.5 Å². The molecule has 0 radical (unpaired) electrons. The number of halogens is 4. The molecule has 1 aliphatic carbocycles. The molecule has 0 aromatic carbocycles. The number of aliphatic hydroxyl groups is 6. The lowest BCUT2D eigenvalue weighted by molar-refractivity contribution is -0.331. The molecule has 3 aliphatic rings. The smallest absolute Gasteiger partial charge is 0.389 e. The quantitative estimate of drug-likeness (QED) is 0.105. The molecule has 2 aliphatic heterocycles. The Morgan fingerprint density at radius 2 is 1.15 bits per heavy atom. The molecule has 250 valence electrons. The summed E-state index contributed by atoms with van der Waals surface area (Å²) in [6.07, 6.45) is -18.0. The zero-order chi connectivity index (χ0) is 27.8. The number of rotatable bonds is 8. The van der Waals surface area contributed by atoms with Gasteiger partial charge in [0.25, 0.3) is 0 Å². The number of phosphoric acid groups is 1. The number of hydrogen-bond donors (Lipinski definition) is 12. The molecule has 3 fully saturated rings. The van der Waals surface area contributed by atoms with E-state index >= 15 is 0 Å². The van der Waals surface area contributed by atoms with Gasteiger partial charge in [-0.25, -0.2) is 4.57 Å². The van der Waals surface area contributed by atoms with Gasteiger partial charge in [-0.15, -0.1) is 49.6 Å². The molecule has 18 nitrogen and oxygen atoms in total. The first-order chi connectivity index (χ1) is 17.2. The third kappa shape index (κ3) is 10.4. The molecule has 3 rings (SSSR count). The van der Waals surface area contributed by atoms with Crippen molar-refractivity contribution in [2.45, 2.75) is 98.2 Å². The Morgan fingerprint density at radius 1 is 0.683 bits per heavy atom. The van der Waals surface area contributed by atoms with Crippen molar-refractivity contribution in [3.63, 3.8) is 0 Å². The van der Waals surface area contributed by atoms with E-state index in [4.69, 9.17) is 51.7 Å². The molecule has 0 amide bonds. The van der Waals surface area contributed by atoms with Gasteiger partial charge in [0.2, 0.25) is 0 Å². The van der Waals surface area contributed by atoms with E-state index < -0.39 is 106 Å². The van der Waals surface area contributed by atoms with E-state index in [0.717, 1.165) is 0 Å². The van der Waals surface area contributed by atoms with Crippen LogP contribution in [0.15, 0.2) is 0 Å². The van der Waals surface area contributed by atoms with Crippen molar-refractivity contribution in [1.29, 1.82) is 0 Å². The lowest BCUT2D eigenvalue weighted by atomic mass is 9.84. The number of ether oxygens (including phenoxy) is 4. The van der Waals surface area contributed by atoms with E-state index in [0.29, 0.717) is 0 Å². The number of nitrogens with two attached hydrogens (primary N) is 4. The maximum Gasteiger partial charge on any atom is 0.469 e. The summed E-state index contributed by atoms with van der Waals surface area (Å²) in [5, 5.41) is 62.0. The average Bonchev–Trinajstić information content (AvgIpc) is 2.82. The van der Waals surface area contributed by atoms with Crippen LogP contribution < -0.4 is 22.9 Å². The first kappa shape index (κ1) is 43.8. The molecule has 0 aromatic heterocycles. The largest absolute Gasteiger partial charge is 0.469 e. The second-order valence-corrected chi connectivity index (χ2v) is 10.6. The van der Waals surface area contributed by atoms with Crippen LogP contribution >= 0.6 is 57.5 Å². The number of hydrogen-bond acceptors (Lipinski definition) is 16. The van der Waals surface area contributed by atoms with Gasteiger partial charge in [-0.1, -0.05) is 0 Å². The van der Waals surface area contributed by atoms with Gasteiger partial charge < -0.3 is 82.3 Å². The van der Waals surface area contributed by atoms with Crippen LogP contribution in [0, 0.1) is 0 Å². The van der Waals surface area contributed by atoms with Crippen molar-refractivity contribution in [1.82, 2.24) is 0 Å². The van der Waals surface area contributed by atoms with E-state index in [1.807, 2.05) is 0 Å². The van der Waals surface area contributed by atoms with E-state index in [1.165, 1.54) is 0 Å². The van der Waals surface area contributed by atoms with Crippen LogP contribution in [-0.4, -0.2) is 145 Å². The minimum Gasteiger partial charge on any atom is -0.389 e. The van der Waals surface area contributed by atoms with E-state index in [2.05, 4.69) is 4.52 Å². The average molecular weight is 710 g/mol. The van der Waals surface area contributed by atoms with Crippen molar-refractivity contribution in [2.75, 3.05) is 13.2 Å². The molecule has 41 heavy (non-hydrogen) atoms. The maximum absolute atomic E-state index is 11.0. The van der Waals surface area contributed by atoms with Crippen LogP contribution in [0.5, 0.6) is 0 Å². The molecule has 15 atom stereocenters. The fourth-order valence-corrected chi connectivity index (χ4v) is 4.90. The highest BCUT2D eigenvalue weighted by Gasteiger charge is 2.51. The Hall–Kier alpha value is 0.710. The fourth-order valence-electron chi connectivity index (χ4n) is 4.56. The van der Waals surface area contributed by atoms with Gasteiger partial charge >= 0.3 is 7.82 Å². The molecule has 0 bridgehead atoms. The van der Waals surface area contributed by atoms with Crippen molar-refractivity contribution in [3.8, 4) is 0 Å². The van der Waals surface area contributed by atoms with Gasteiger partial charge in [-0.05, 0) is 6.42 Å². The summed E-state index contributed by atoms with van der Waals surface area (Å²) in [7, 11) is -4.92. The molecule has 23 heteroatoms. The molecule has 1 saturated carbocycles. The zero-order valence-electron chi connectivity index (χ0n) is 21.2. The van der Waals surface area contributed by atoms with Gasteiger partial charge in [0.15, 0.2) is 12.6 Å². The summed E-state index contributed by atoms with van der Waals surface area (Å²) in [5.41, 5.74) is 23.5. The minimum atomic E-state index is -4.92. The normalized spacial score (nSPS) is 44.8. The molecule has 2 heterocycles. The predicted octanol–water partition coefficient (Wildman–Crippen LogP) is -5.49. The van der Waals surface area contributed by atoms with Crippen LogP contribution in [0.2, 0.25) is 0 Å². The summed E-state index contributed by atoms with van der Waals surface area (Å²) in [6.45, 7) is -1.01. The van der Waals surface area contributed by atoms with Crippen LogP contribution in [0.1, 0.15) is 6.42 Å². The molecule has 16 N–H and O–H groups in total. The molecule has 0 spiro atoms. The second-order valence-electron chi connectivity index (χ2n) is 9.39. The topological polar surface area (TPSA) is 329 Å². The van der Waals surface area contributed by atoms with Crippen LogP contribution in [0.25, 0.3) is 0 Å². The molecule has 0 aromatic rings. The van der Waals surface area contributed by atoms with Crippen LogP contribution in [0.4, 0.5) is 0 Å². The predicted molar refractivity (Wildman–Crippen MR) is 148 cm³/mol. The van der Waals surface area contributed by atoms with Gasteiger partial charge in [0.05, 0.1) is 12.6 Å². The Labute approximate surface area is 259 Å². The maximum atomic E-state index is 11.0. The summed E-state index contributed by atoms with van der Waals surface area (Å²) < 4.78 is 37.6. The van der Waals surface area contributed by atoms with Crippen molar-refractivity contribution in [3.05, 3.63) is 0 Å². The van der Waals surface area contributed by atoms with E-state index in [-0.39, 0.29) is 62.6 Å². The summed E-state index contributed by atoms with van der Waals surface area (Å²) >= 11 is 0. The van der Waals surface area contributed by atoms with Gasteiger partial charge in [0.1, 0.15) is 61.0 Å². The van der Waals surface area contributed by atoms with Crippen LogP contribution in [0.3, 0.4) is 0 Å². The summed E-state index contributed by atoms with van der Waals surface area (Å²) in [4.78, 5) is 17.8. The summed E-state index contributed by atoms with van der Waals surface area (Å²) in [5.74, 6) is 0. The third-order valence-corrected chi connectivity index (χ3v) is 7.19. The molecular formula is C18H41Cl4N4O14P. The Morgan fingerprint density at radius 3 is 1.61 bits per heavy atom. The first-order valence-corrected chi connectivity index (χ1v) is 13.1. The highest BCUT2D eigenvalue weighted by atomic mass is 35.5. The standard InChI is InChI=1S/C18H37N4O14P.4ClH/c19-2-6-10(24)12(26)13(27)18(33-6)36-16-5(21)1-4(20)15(14(16)28)35-17-11(25)8(22)9(23)7(34-17)3-32-37(29,30)31;;;;/h4-18,23-28H,1-3,19-22H2,(H2,29,30,31);4*1H/t4-,5+,6-,7-,8+,9-,10-,11-,12+,13-,14-,15+,16-,17-,18?;;;;/m1..../s1. The molecule has 1 unspecified atom stereocenters. The lowest BCUT2D eigenvalue weighted by Gasteiger charge is -2.48. The lowest BCUT2D eigenvalue weighted by Crippen LogP contribution is -2.68. The van der Waals surface area contributed by atoms with E-state index in [9.17, 15) is 35.2 Å². The SMILES string of the molecule is Cl.Cl.Cl.Cl.NC[C@H]1OC(O[C@H]2[C@H](O)[C@@H](O[C@H]3O[C@H](COP(=O)(O)O)[C@@H](O)[C@H](N)[C@H]3O)[C@H](N)C[C@@H]2N)[C@H](O)[C@@H](O)[C@@H]1O. The van der Waals surface area contributed by atoms with Crippen LogP contribution in [-0.2, 0) is 28.0 Å². The van der Waals surface area contributed by atoms with E-state index in [1.54, 1.807) is 0 Å². The third-order valence-electron chi connectivity index (χ3n) is 6.71. The second kappa shape index (κ2) is 18.0. The zero-order valence-corrected chi connectivity index (χ0v) is 25.4. The Kier molecular flexibility index (Phi) is 19.3. The Balaban J connectivity index is 0. The van der Waals surface area contributed by atoms with Crippen molar-refractivity contribution >= 4 is 57.5 Å². The fraction of sp³-hybridized carbons (Fsp3) is 1.00. The van der Waals surface area contributed by atoms with Gasteiger partial charge in [0, 0.05) is 18.6 Å². The monoisotopic (exact) mass is 708 g/mol. The minimum absolute atomic E-state index is 0. The van der Waals surface area contributed by atoms with Gasteiger partial charge in [-0.2, -0.15) is 0 Å². The first-order valence-electron chi connectivity index (χ1n) is 11.5. The number of phosphoric ester groups is 1. The molecule has 2 saturated heterocycles. The van der Waals surface area contributed by atoms with Crippen molar-refractivity contribution in [2.24, 2.45) is 22.9 Å².